The predicted molar refractivity (Wildman–Crippen MR) is 85.0 cm³/mol. The predicted octanol–water partition coefficient (Wildman–Crippen LogP) is 1.06. The van der Waals surface area contributed by atoms with Crippen molar-refractivity contribution in [3.05, 3.63) is 23.4 Å². The summed E-state index contributed by atoms with van der Waals surface area (Å²) in [6.07, 6.45) is 0. The van der Waals surface area contributed by atoms with Gasteiger partial charge in [-0.25, -0.2) is 9.86 Å². The fraction of sp³-hybridized carbons (Fsp3) is 0.467. The van der Waals surface area contributed by atoms with E-state index in [0.717, 1.165) is 0 Å². The van der Waals surface area contributed by atoms with E-state index in [2.05, 4.69) is 0 Å². The van der Waals surface area contributed by atoms with Crippen molar-refractivity contribution in [3.63, 3.8) is 0 Å². The number of methoxy groups -OCH3 is 2. The van der Waals surface area contributed by atoms with Crippen LogP contribution in [0, 0.1) is 0 Å². The normalized spacial score (nSPS) is 16.9. The number of carbonyl (C=O) groups excluding carboxylic acids is 1. The lowest BCUT2D eigenvalue weighted by Crippen LogP contribution is -2.34. The molecule has 2 N–H and O–H groups in total. The minimum absolute atomic E-state index is 0.0137. The summed E-state index contributed by atoms with van der Waals surface area (Å²) in [5.74, 6) is 1.63. The van der Waals surface area contributed by atoms with E-state index in [1.54, 1.807) is 18.1 Å². The second-order valence-electron chi connectivity index (χ2n) is 6.14. The van der Waals surface area contributed by atoms with Crippen molar-refractivity contribution in [1.29, 1.82) is 0 Å². The molecule has 7 nitrogen and oxygen atoms in total. The molecule has 1 unspecified atom stereocenters. The summed E-state index contributed by atoms with van der Waals surface area (Å²) >= 11 is 0. The molecule has 0 saturated carbocycles. The average Bonchev–Trinajstić information content (AvgIpc) is 2.76. The molecule has 0 amide bonds. The molecule has 124 valence electrons. The molecule has 0 radical (unpaired) electrons. The molecule has 0 aliphatic carbocycles. The van der Waals surface area contributed by atoms with Gasteiger partial charge in [0.05, 0.1) is 31.3 Å². The molecule has 1 aromatic rings. The van der Waals surface area contributed by atoms with E-state index in [9.17, 15) is 14.8 Å². The third-order valence-electron chi connectivity index (χ3n) is 3.37. The average molecular weight is 321 g/mol. The van der Waals surface area contributed by atoms with Gasteiger partial charge in [-0.15, -0.1) is 0 Å². The van der Waals surface area contributed by atoms with Crippen LogP contribution in [0.5, 0.6) is 11.5 Å². The van der Waals surface area contributed by atoms with E-state index in [4.69, 9.17) is 14.3 Å². The number of allylic oxidation sites excluding steroid dienone is 1. The van der Waals surface area contributed by atoms with Gasteiger partial charge in [0.15, 0.2) is 11.5 Å². The van der Waals surface area contributed by atoms with Gasteiger partial charge in [0, 0.05) is 6.07 Å². The lowest BCUT2D eigenvalue weighted by molar-refractivity contribution is -0.00846. The van der Waals surface area contributed by atoms with Crippen LogP contribution in [0.2, 0.25) is 0 Å². The lowest BCUT2D eigenvalue weighted by Gasteiger charge is -2.28. The van der Waals surface area contributed by atoms with E-state index >= 15 is 0 Å². The number of anilines is 1. The molecule has 0 saturated heterocycles. The SMILES string of the molecule is COc1cc2c(cc1OC)N(OC(C)(C)C)C(=C=O)C2B(O)O. The fourth-order valence-electron chi connectivity index (χ4n) is 2.49. The Balaban J connectivity index is 2.66. The Hall–Kier alpha value is -1.99. The standard InChI is InChI=1S/C15H20BNO6/c1-15(2,3)23-17-10-7-13(22-5)12(21-4)6-9(10)14(16(19)20)11(17)8-18/h6-7,14,19-20H,1-5H3. The molecule has 1 aliphatic heterocycles. The molecule has 23 heavy (non-hydrogen) atoms. The summed E-state index contributed by atoms with van der Waals surface area (Å²) in [4.78, 5) is 17.2. The third-order valence-corrected chi connectivity index (χ3v) is 3.37. The van der Waals surface area contributed by atoms with Gasteiger partial charge in [0.2, 0.25) is 0 Å². The highest BCUT2D eigenvalue weighted by molar-refractivity contribution is 6.45. The second-order valence-corrected chi connectivity index (χ2v) is 6.14. The zero-order valence-corrected chi connectivity index (χ0v) is 13.8. The van der Waals surface area contributed by atoms with Crippen LogP contribution >= 0.6 is 0 Å². The number of benzene rings is 1. The van der Waals surface area contributed by atoms with Crippen LogP contribution in [0.15, 0.2) is 17.8 Å². The van der Waals surface area contributed by atoms with Gasteiger partial charge in [0.1, 0.15) is 11.6 Å². The van der Waals surface area contributed by atoms with Crippen LogP contribution in [-0.2, 0) is 9.63 Å². The minimum atomic E-state index is -1.78. The highest BCUT2D eigenvalue weighted by atomic mass is 16.7. The molecular formula is C15H20BNO6. The number of nitrogens with zero attached hydrogens (tertiary/aromatic N) is 1. The molecular weight excluding hydrogens is 301 g/mol. The van der Waals surface area contributed by atoms with Crippen LogP contribution in [0.1, 0.15) is 32.2 Å². The van der Waals surface area contributed by atoms with Crippen LogP contribution in [0.4, 0.5) is 5.69 Å². The van der Waals surface area contributed by atoms with Gasteiger partial charge in [0.25, 0.3) is 0 Å². The Morgan fingerprint density at radius 2 is 1.74 bits per heavy atom. The van der Waals surface area contributed by atoms with Crippen molar-refractivity contribution in [3.8, 4) is 11.5 Å². The third kappa shape index (κ3) is 3.21. The molecule has 0 fully saturated rings. The van der Waals surface area contributed by atoms with E-state index in [0.29, 0.717) is 22.7 Å². The van der Waals surface area contributed by atoms with Crippen molar-refractivity contribution >= 4 is 18.7 Å². The van der Waals surface area contributed by atoms with Crippen molar-refractivity contribution in [2.24, 2.45) is 0 Å². The zero-order valence-electron chi connectivity index (χ0n) is 13.8. The number of rotatable bonds is 4. The van der Waals surface area contributed by atoms with E-state index in [1.807, 2.05) is 20.8 Å². The maximum Gasteiger partial charge on any atom is 0.466 e. The summed E-state index contributed by atoms with van der Waals surface area (Å²) in [7, 11) is 1.18. The maximum absolute atomic E-state index is 11.4. The van der Waals surface area contributed by atoms with Gasteiger partial charge in [-0.1, -0.05) is 0 Å². The number of hydrogen-bond acceptors (Lipinski definition) is 7. The molecule has 2 rings (SSSR count). The Labute approximate surface area is 135 Å². The van der Waals surface area contributed by atoms with Crippen molar-refractivity contribution in [1.82, 2.24) is 0 Å². The highest BCUT2D eigenvalue weighted by Crippen LogP contribution is 2.48. The second kappa shape index (κ2) is 6.25. The van der Waals surface area contributed by atoms with Gasteiger partial charge in [-0.3, -0.25) is 4.84 Å². The maximum atomic E-state index is 11.4. The first kappa shape index (κ1) is 17.4. The zero-order chi connectivity index (χ0) is 17.4. The molecule has 1 aromatic carbocycles. The van der Waals surface area contributed by atoms with Crippen molar-refractivity contribution < 1.29 is 29.2 Å². The Morgan fingerprint density at radius 3 is 2.17 bits per heavy atom. The van der Waals surface area contributed by atoms with Crippen molar-refractivity contribution in [2.75, 3.05) is 19.3 Å². The lowest BCUT2D eigenvalue weighted by atomic mass is 9.68. The summed E-state index contributed by atoms with van der Waals surface area (Å²) in [5, 5.41) is 20.7. The first-order valence-electron chi connectivity index (χ1n) is 7.09. The Morgan fingerprint density at radius 1 is 1.17 bits per heavy atom. The fourth-order valence-corrected chi connectivity index (χ4v) is 2.49. The summed E-state index contributed by atoms with van der Waals surface area (Å²) < 4.78 is 10.5. The van der Waals surface area contributed by atoms with Crippen molar-refractivity contribution in [2.45, 2.75) is 32.2 Å². The molecule has 1 atom stereocenters. The molecule has 0 bridgehead atoms. The number of hydrogen-bond donors (Lipinski definition) is 2. The molecule has 1 heterocycles. The van der Waals surface area contributed by atoms with E-state index in [1.165, 1.54) is 19.3 Å². The quantitative estimate of drug-likeness (QED) is 0.633. The summed E-state index contributed by atoms with van der Waals surface area (Å²) in [6, 6.07) is 3.22. The van der Waals surface area contributed by atoms with E-state index in [-0.39, 0.29) is 5.70 Å². The number of fused-ring (bicyclic) bond motifs is 1. The van der Waals surface area contributed by atoms with E-state index < -0.39 is 18.5 Å². The van der Waals surface area contributed by atoms with Crippen LogP contribution in [0.3, 0.4) is 0 Å². The number of ether oxygens (including phenoxy) is 2. The van der Waals surface area contributed by atoms with Gasteiger partial charge < -0.3 is 19.5 Å². The molecule has 8 heteroatoms. The van der Waals surface area contributed by atoms with Crippen LogP contribution in [0.25, 0.3) is 0 Å². The number of hydroxylamine groups is 1. The first-order valence-corrected chi connectivity index (χ1v) is 7.09. The molecule has 0 aromatic heterocycles. The smallest absolute Gasteiger partial charge is 0.466 e. The summed E-state index contributed by atoms with van der Waals surface area (Å²) in [6.45, 7) is 5.45. The molecule has 0 spiro atoms. The topological polar surface area (TPSA) is 88.5 Å². The highest BCUT2D eigenvalue weighted by Gasteiger charge is 2.45. The van der Waals surface area contributed by atoms with Gasteiger partial charge in [-0.2, -0.15) is 0 Å². The van der Waals surface area contributed by atoms with Gasteiger partial charge in [-0.05, 0) is 32.4 Å². The largest absolute Gasteiger partial charge is 0.493 e. The van der Waals surface area contributed by atoms with Crippen LogP contribution < -0.4 is 14.5 Å². The molecule has 1 aliphatic rings. The summed E-state index contributed by atoms with van der Waals surface area (Å²) in [5.41, 5.74) is 0.344. The van der Waals surface area contributed by atoms with Gasteiger partial charge >= 0.3 is 7.12 Å². The monoisotopic (exact) mass is 321 g/mol. The first-order chi connectivity index (χ1) is 10.7. The Kier molecular flexibility index (Phi) is 4.72. The van der Waals surface area contributed by atoms with Crippen LogP contribution in [-0.4, -0.2) is 42.9 Å². The minimum Gasteiger partial charge on any atom is -0.493 e. The Bertz CT molecular complexity index is 648.